The van der Waals surface area contributed by atoms with E-state index in [0.29, 0.717) is 12.2 Å². The van der Waals surface area contributed by atoms with E-state index in [1.54, 1.807) is 0 Å². The van der Waals surface area contributed by atoms with Crippen molar-refractivity contribution in [3.63, 3.8) is 0 Å². The Bertz CT molecular complexity index is 304. The zero-order valence-electron chi connectivity index (χ0n) is 10.8. The number of ether oxygens (including phenoxy) is 2. The topological polar surface area (TPSA) is 62.4 Å². The zero-order valence-corrected chi connectivity index (χ0v) is 10.8. The molecule has 4 heteroatoms. The molecule has 0 aromatic heterocycles. The summed E-state index contributed by atoms with van der Waals surface area (Å²) in [5, 5.41) is 6.89. The van der Waals surface area contributed by atoms with Crippen molar-refractivity contribution in [1.82, 2.24) is 0 Å². The maximum absolute atomic E-state index is 8.36. The Morgan fingerprint density at radius 2 is 1.44 bits per heavy atom. The molecule has 0 aromatic rings. The Kier molecular flexibility index (Phi) is 3.10. The van der Waals surface area contributed by atoms with Gasteiger partial charge >= 0.3 is 0 Å². The van der Waals surface area contributed by atoms with Gasteiger partial charge in [0.15, 0.2) is 0 Å². The van der Waals surface area contributed by atoms with Crippen LogP contribution in [0.3, 0.4) is 0 Å². The first-order valence-electron chi connectivity index (χ1n) is 7.18. The van der Waals surface area contributed by atoms with Crippen LogP contribution in [0, 0.1) is 0 Å². The van der Waals surface area contributed by atoms with Gasteiger partial charge in [0.05, 0.1) is 23.4 Å². The minimum absolute atomic E-state index is 0.250. The second-order valence-electron chi connectivity index (χ2n) is 6.12. The maximum Gasteiger partial charge on any atom is 0.290 e. The van der Waals surface area contributed by atoms with Crippen LogP contribution < -0.4 is 0 Å². The van der Waals surface area contributed by atoms with E-state index in [4.69, 9.17) is 19.4 Å². The van der Waals surface area contributed by atoms with Crippen LogP contribution in [-0.4, -0.2) is 35.0 Å². The highest BCUT2D eigenvalue weighted by atomic mass is 16.6. The first kappa shape index (κ1) is 12.4. The quantitative estimate of drug-likeness (QED) is 0.607. The van der Waals surface area contributed by atoms with Crippen molar-refractivity contribution in [3.05, 3.63) is 0 Å². The summed E-state index contributed by atoms with van der Waals surface area (Å²) >= 11 is 0. The summed E-state index contributed by atoms with van der Waals surface area (Å²) in [5.41, 5.74) is 0.564. The largest absolute Gasteiger partial charge is 0.483 e. The van der Waals surface area contributed by atoms with Crippen LogP contribution in [0.4, 0.5) is 0 Å². The molecule has 2 heterocycles. The van der Waals surface area contributed by atoms with Crippen molar-refractivity contribution in [3.8, 4) is 0 Å². The number of carboxylic acid groups (broad SMARTS) is 1. The average molecular weight is 254 g/mol. The Labute approximate surface area is 108 Å². The van der Waals surface area contributed by atoms with Gasteiger partial charge in [-0.3, -0.25) is 4.79 Å². The number of hydrogen-bond acceptors (Lipinski definition) is 3. The summed E-state index contributed by atoms with van der Waals surface area (Å²) < 4.78 is 12.0. The maximum atomic E-state index is 8.36. The van der Waals surface area contributed by atoms with E-state index in [-0.39, 0.29) is 17.7 Å². The first-order chi connectivity index (χ1) is 8.75. The van der Waals surface area contributed by atoms with Crippen LogP contribution in [0.5, 0.6) is 0 Å². The molecule has 0 radical (unpaired) electrons. The lowest BCUT2D eigenvalue weighted by molar-refractivity contribution is -0.122. The fraction of sp³-hybridized carbons (Fsp3) is 0.929. The summed E-state index contributed by atoms with van der Waals surface area (Å²) in [6, 6.07) is 0. The molecule has 4 rings (SSSR count). The number of hydrogen-bond donors (Lipinski definition) is 1. The molecular weight excluding hydrogens is 232 g/mol. The van der Waals surface area contributed by atoms with Crippen LogP contribution in [0.2, 0.25) is 0 Å². The number of fused-ring (bicyclic) bond motifs is 2. The molecule has 0 aromatic carbocycles. The van der Waals surface area contributed by atoms with Crippen LogP contribution in [0.15, 0.2) is 0 Å². The lowest BCUT2D eigenvalue weighted by Crippen LogP contribution is -2.30. The van der Waals surface area contributed by atoms with E-state index in [1.807, 2.05) is 0 Å². The predicted octanol–water partition coefficient (Wildman–Crippen LogP) is 2.50. The van der Waals surface area contributed by atoms with Gasteiger partial charge in [-0.05, 0) is 25.7 Å². The second kappa shape index (κ2) is 4.49. The van der Waals surface area contributed by atoms with Crippen LogP contribution in [0.1, 0.15) is 57.8 Å². The van der Waals surface area contributed by atoms with Crippen molar-refractivity contribution in [1.29, 1.82) is 0 Å². The van der Waals surface area contributed by atoms with Crippen molar-refractivity contribution in [2.45, 2.75) is 81.2 Å². The minimum Gasteiger partial charge on any atom is -0.483 e. The lowest BCUT2D eigenvalue weighted by atomic mass is 9.77. The molecular formula is C14H22O4. The lowest BCUT2D eigenvalue weighted by Gasteiger charge is -2.23. The molecule has 102 valence electrons. The molecule has 2 aliphatic heterocycles. The van der Waals surface area contributed by atoms with Gasteiger partial charge in [-0.1, -0.05) is 25.7 Å². The third-order valence-electron chi connectivity index (χ3n) is 5.04. The highest BCUT2D eigenvalue weighted by Crippen LogP contribution is 2.60. The molecule has 4 nitrogen and oxygen atoms in total. The smallest absolute Gasteiger partial charge is 0.290 e. The van der Waals surface area contributed by atoms with Crippen LogP contribution in [-0.2, 0) is 14.3 Å². The Balaban J connectivity index is 0.000000307. The SMILES string of the molecule is C1CCC2(CC34CCCCC3O4)OC2C1.O=CO. The molecule has 4 fully saturated rings. The van der Waals surface area contributed by atoms with Crippen LogP contribution >= 0.6 is 0 Å². The van der Waals surface area contributed by atoms with Gasteiger partial charge < -0.3 is 14.6 Å². The number of rotatable bonds is 2. The predicted molar refractivity (Wildman–Crippen MR) is 65.5 cm³/mol. The molecule has 4 aliphatic rings. The molecule has 4 atom stereocenters. The molecule has 4 unspecified atom stereocenters. The number of epoxide rings is 2. The fourth-order valence-corrected chi connectivity index (χ4v) is 4.08. The zero-order chi connectivity index (χ0) is 12.6. The third-order valence-corrected chi connectivity index (χ3v) is 5.04. The van der Waals surface area contributed by atoms with E-state index in [0.717, 1.165) is 0 Å². The Morgan fingerprint density at radius 1 is 1.00 bits per heavy atom. The third kappa shape index (κ3) is 2.05. The Morgan fingerprint density at radius 3 is 1.83 bits per heavy atom. The minimum atomic E-state index is -0.250. The fourth-order valence-electron chi connectivity index (χ4n) is 4.08. The molecule has 18 heavy (non-hydrogen) atoms. The monoisotopic (exact) mass is 254 g/mol. The van der Waals surface area contributed by atoms with Gasteiger partial charge in [-0.25, -0.2) is 0 Å². The summed E-state index contributed by atoms with van der Waals surface area (Å²) in [5.74, 6) is 0. The van der Waals surface area contributed by atoms with Crippen molar-refractivity contribution in [2.75, 3.05) is 0 Å². The molecule has 2 saturated carbocycles. The van der Waals surface area contributed by atoms with E-state index >= 15 is 0 Å². The highest BCUT2D eigenvalue weighted by molar-refractivity contribution is 5.32. The molecule has 0 spiro atoms. The Hall–Kier alpha value is -0.610. The second-order valence-corrected chi connectivity index (χ2v) is 6.12. The highest BCUT2D eigenvalue weighted by Gasteiger charge is 2.67. The summed E-state index contributed by atoms with van der Waals surface area (Å²) in [7, 11) is 0. The van der Waals surface area contributed by atoms with Gasteiger partial charge in [-0.2, -0.15) is 0 Å². The van der Waals surface area contributed by atoms with Gasteiger partial charge in [0.2, 0.25) is 0 Å². The molecule has 2 saturated heterocycles. The van der Waals surface area contributed by atoms with E-state index < -0.39 is 0 Å². The normalized spacial score (nSPS) is 48.0. The number of carbonyl (C=O) groups is 1. The van der Waals surface area contributed by atoms with Gasteiger partial charge in [0.25, 0.3) is 6.47 Å². The summed E-state index contributed by atoms with van der Waals surface area (Å²) in [6.45, 7) is -0.250. The molecule has 0 bridgehead atoms. The van der Waals surface area contributed by atoms with Gasteiger partial charge in [0.1, 0.15) is 0 Å². The van der Waals surface area contributed by atoms with E-state index in [2.05, 4.69) is 0 Å². The average Bonchev–Trinajstić information content (AvgIpc) is 3.22. The van der Waals surface area contributed by atoms with Crippen molar-refractivity contribution < 1.29 is 19.4 Å². The molecule has 2 aliphatic carbocycles. The first-order valence-corrected chi connectivity index (χ1v) is 7.18. The molecule has 0 amide bonds. The van der Waals surface area contributed by atoms with Gasteiger partial charge in [-0.15, -0.1) is 0 Å². The summed E-state index contributed by atoms with van der Waals surface area (Å²) in [4.78, 5) is 8.36. The standard InChI is InChI=1S/C13H20O2.CH2O2/c1-3-7-12(10(5-1)14-12)9-13-8-4-2-6-11(13)15-13;2-1-3/h10-11H,1-9H2;1H,(H,2,3). The van der Waals surface area contributed by atoms with E-state index in [1.165, 1.54) is 57.8 Å². The van der Waals surface area contributed by atoms with Crippen molar-refractivity contribution >= 4 is 6.47 Å². The van der Waals surface area contributed by atoms with Gasteiger partial charge in [0, 0.05) is 6.42 Å². The van der Waals surface area contributed by atoms with Crippen molar-refractivity contribution in [2.24, 2.45) is 0 Å². The van der Waals surface area contributed by atoms with E-state index in [9.17, 15) is 0 Å². The van der Waals surface area contributed by atoms with Crippen LogP contribution in [0.25, 0.3) is 0 Å². The summed E-state index contributed by atoms with van der Waals surface area (Å²) in [6.07, 6.45) is 13.1. The molecule has 1 N–H and O–H groups in total.